The third-order valence-electron chi connectivity index (χ3n) is 3.36. The molecule has 0 atom stereocenters. The Morgan fingerprint density at radius 3 is 2.50 bits per heavy atom. The molecule has 5 heteroatoms. The normalized spacial score (nSPS) is 15.4. The number of hydrogen-bond donors (Lipinski definition) is 0. The van der Waals surface area contributed by atoms with E-state index < -0.39 is 11.7 Å². The molecule has 1 nitrogen and oxygen atoms in total. The van der Waals surface area contributed by atoms with Crippen molar-refractivity contribution in [2.75, 3.05) is 7.11 Å². The van der Waals surface area contributed by atoms with Crippen LogP contribution in [0.1, 0.15) is 35.1 Å². The highest BCUT2D eigenvalue weighted by atomic mass is 79.9. The second-order valence-corrected chi connectivity index (χ2v) is 4.97. The Hall–Kier alpha value is -0.710. The molecule has 0 spiro atoms. The SMILES string of the molecule is COc1c(C(F)(F)F)cc2c(c1CBr)CCCC2. The number of alkyl halides is 4. The van der Waals surface area contributed by atoms with Crippen LogP contribution in [0.4, 0.5) is 13.2 Å². The van der Waals surface area contributed by atoms with Crippen LogP contribution in [0.15, 0.2) is 6.07 Å². The van der Waals surface area contributed by atoms with Crippen LogP contribution in [-0.4, -0.2) is 7.11 Å². The highest BCUT2D eigenvalue weighted by molar-refractivity contribution is 9.08. The molecule has 0 aromatic heterocycles. The molecule has 2 rings (SSSR count). The summed E-state index contributed by atoms with van der Waals surface area (Å²) in [5.74, 6) is -0.0278. The summed E-state index contributed by atoms with van der Waals surface area (Å²) in [4.78, 5) is 0. The van der Waals surface area contributed by atoms with Gasteiger partial charge in [-0.25, -0.2) is 0 Å². The minimum atomic E-state index is -4.37. The smallest absolute Gasteiger partial charge is 0.419 e. The van der Waals surface area contributed by atoms with Gasteiger partial charge in [-0.15, -0.1) is 0 Å². The van der Waals surface area contributed by atoms with E-state index in [9.17, 15) is 13.2 Å². The average Bonchev–Trinajstić information content (AvgIpc) is 2.35. The average molecular weight is 323 g/mol. The van der Waals surface area contributed by atoms with Gasteiger partial charge in [-0.3, -0.25) is 0 Å². The first kappa shape index (κ1) is 13.7. The number of ether oxygens (including phenoxy) is 1. The van der Waals surface area contributed by atoms with E-state index >= 15 is 0 Å². The number of benzene rings is 1. The molecule has 1 aliphatic rings. The summed E-state index contributed by atoms with van der Waals surface area (Å²) in [6.07, 6.45) is -0.818. The summed E-state index contributed by atoms with van der Waals surface area (Å²) >= 11 is 3.28. The molecule has 0 fully saturated rings. The Kier molecular flexibility index (Phi) is 3.90. The van der Waals surface area contributed by atoms with Gasteiger partial charge >= 0.3 is 6.18 Å². The zero-order chi connectivity index (χ0) is 13.3. The fourth-order valence-electron chi connectivity index (χ4n) is 2.56. The van der Waals surface area contributed by atoms with Gasteiger partial charge in [0.15, 0.2) is 0 Å². The van der Waals surface area contributed by atoms with Crippen molar-refractivity contribution in [1.82, 2.24) is 0 Å². The maximum Gasteiger partial charge on any atom is 0.419 e. The van der Waals surface area contributed by atoms with Crippen molar-refractivity contribution in [2.24, 2.45) is 0 Å². The Balaban J connectivity index is 2.68. The second-order valence-electron chi connectivity index (χ2n) is 4.41. The van der Waals surface area contributed by atoms with Gasteiger partial charge < -0.3 is 4.74 Å². The molecule has 0 amide bonds. The summed E-state index contributed by atoms with van der Waals surface area (Å²) in [6, 6.07) is 1.26. The first-order valence-electron chi connectivity index (χ1n) is 5.83. The quantitative estimate of drug-likeness (QED) is 0.729. The van der Waals surface area contributed by atoms with Gasteiger partial charge in [-0.2, -0.15) is 13.2 Å². The lowest BCUT2D eigenvalue weighted by atomic mass is 9.86. The van der Waals surface area contributed by atoms with Gasteiger partial charge in [0.1, 0.15) is 5.75 Å². The van der Waals surface area contributed by atoms with E-state index in [0.29, 0.717) is 10.9 Å². The minimum absolute atomic E-state index is 0.0278. The summed E-state index contributed by atoms with van der Waals surface area (Å²) in [5.41, 5.74) is 1.86. The summed E-state index contributed by atoms with van der Waals surface area (Å²) in [7, 11) is 1.30. The molecule has 0 N–H and O–H groups in total. The maximum atomic E-state index is 13.0. The lowest BCUT2D eigenvalue weighted by molar-refractivity contribution is -0.138. The van der Waals surface area contributed by atoms with E-state index in [1.165, 1.54) is 13.2 Å². The predicted octanol–water partition coefficient (Wildman–Crippen LogP) is 4.49. The van der Waals surface area contributed by atoms with Crippen LogP contribution in [0.3, 0.4) is 0 Å². The van der Waals surface area contributed by atoms with E-state index in [1.807, 2.05) is 0 Å². The van der Waals surface area contributed by atoms with Gasteiger partial charge in [0.05, 0.1) is 12.7 Å². The molecule has 1 aliphatic carbocycles. The van der Waals surface area contributed by atoms with Crippen molar-refractivity contribution in [3.63, 3.8) is 0 Å². The van der Waals surface area contributed by atoms with Crippen molar-refractivity contribution in [3.8, 4) is 5.75 Å². The predicted molar refractivity (Wildman–Crippen MR) is 67.3 cm³/mol. The molecule has 100 valence electrons. The fraction of sp³-hybridized carbons (Fsp3) is 0.538. The van der Waals surface area contributed by atoms with Gasteiger partial charge in [-0.1, -0.05) is 15.9 Å². The summed E-state index contributed by atoms with van der Waals surface area (Å²) < 4.78 is 44.1. The Morgan fingerprint density at radius 2 is 1.94 bits per heavy atom. The molecule has 1 aromatic rings. The lowest BCUT2D eigenvalue weighted by Gasteiger charge is -2.24. The van der Waals surface area contributed by atoms with Gasteiger partial charge in [0.25, 0.3) is 0 Å². The van der Waals surface area contributed by atoms with Gasteiger partial charge in [-0.05, 0) is 42.9 Å². The van der Waals surface area contributed by atoms with Crippen LogP contribution in [0.25, 0.3) is 0 Å². The molecule has 18 heavy (non-hydrogen) atoms. The standard InChI is InChI=1S/C13H14BrF3O/c1-18-12-10(7-14)9-5-3-2-4-8(9)6-11(12)13(15,16)17/h6H,2-5,7H2,1H3. The molecule has 0 bridgehead atoms. The lowest BCUT2D eigenvalue weighted by Crippen LogP contribution is -2.14. The number of aryl methyl sites for hydroxylation is 1. The number of methoxy groups -OCH3 is 1. The number of fused-ring (bicyclic) bond motifs is 1. The monoisotopic (exact) mass is 322 g/mol. The molecular formula is C13H14BrF3O. The zero-order valence-corrected chi connectivity index (χ0v) is 11.6. The summed E-state index contributed by atoms with van der Waals surface area (Å²) in [6.45, 7) is 0. The molecule has 0 saturated heterocycles. The number of hydrogen-bond acceptors (Lipinski definition) is 1. The number of halogens is 4. The van der Waals surface area contributed by atoms with Crippen LogP contribution in [-0.2, 0) is 24.3 Å². The fourth-order valence-corrected chi connectivity index (χ4v) is 3.15. The van der Waals surface area contributed by atoms with Gasteiger partial charge in [0.2, 0.25) is 0 Å². The first-order valence-corrected chi connectivity index (χ1v) is 6.96. The van der Waals surface area contributed by atoms with Crippen molar-refractivity contribution in [1.29, 1.82) is 0 Å². The van der Waals surface area contributed by atoms with Crippen molar-refractivity contribution in [3.05, 3.63) is 28.3 Å². The van der Waals surface area contributed by atoms with E-state index in [-0.39, 0.29) is 5.75 Å². The molecule has 0 radical (unpaired) electrons. The molecule has 0 aliphatic heterocycles. The molecule has 1 aromatic carbocycles. The third-order valence-corrected chi connectivity index (χ3v) is 3.92. The van der Waals surface area contributed by atoms with Crippen LogP contribution in [0.5, 0.6) is 5.75 Å². The van der Waals surface area contributed by atoms with E-state index in [1.54, 1.807) is 0 Å². The topological polar surface area (TPSA) is 9.23 Å². The molecule has 0 unspecified atom stereocenters. The zero-order valence-electron chi connectivity index (χ0n) is 10.0. The Morgan fingerprint density at radius 1 is 1.28 bits per heavy atom. The van der Waals surface area contributed by atoms with Crippen LogP contribution < -0.4 is 4.74 Å². The van der Waals surface area contributed by atoms with Crippen LogP contribution in [0.2, 0.25) is 0 Å². The Labute approximate surface area is 112 Å². The maximum absolute atomic E-state index is 13.0. The van der Waals surface area contributed by atoms with Crippen molar-refractivity contribution >= 4 is 15.9 Å². The van der Waals surface area contributed by atoms with E-state index in [4.69, 9.17) is 4.74 Å². The number of rotatable bonds is 2. The third kappa shape index (κ3) is 2.37. The summed E-state index contributed by atoms with van der Waals surface area (Å²) in [5, 5.41) is 0.391. The molecule has 0 saturated carbocycles. The van der Waals surface area contributed by atoms with Crippen molar-refractivity contribution < 1.29 is 17.9 Å². The van der Waals surface area contributed by atoms with E-state index in [2.05, 4.69) is 15.9 Å². The Bertz CT molecular complexity index is 455. The highest BCUT2D eigenvalue weighted by Crippen LogP contribution is 2.43. The highest BCUT2D eigenvalue weighted by Gasteiger charge is 2.37. The van der Waals surface area contributed by atoms with Crippen LogP contribution >= 0.6 is 15.9 Å². The van der Waals surface area contributed by atoms with E-state index in [0.717, 1.165) is 36.8 Å². The molecular weight excluding hydrogens is 309 g/mol. The minimum Gasteiger partial charge on any atom is -0.496 e. The molecule has 0 heterocycles. The largest absolute Gasteiger partial charge is 0.496 e. The van der Waals surface area contributed by atoms with Crippen LogP contribution in [0, 0.1) is 0 Å². The second kappa shape index (κ2) is 5.11. The van der Waals surface area contributed by atoms with Gasteiger partial charge in [0, 0.05) is 10.9 Å². The van der Waals surface area contributed by atoms with Crippen molar-refractivity contribution in [2.45, 2.75) is 37.2 Å². The first-order chi connectivity index (χ1) is 8.49.